The third-order valence-electron chi connectivity index (χ3n) is 4.68. The minimum absolute atomic E-state index is 0.00262. The van der Waals surface area contributed by atoms with Crippen molar-refractivity contribution in [1.29, 1.82) is 0 Å². The molecule has 1 aromatic carbocycles. The van der Waals surface area contributed by atoms with Crippen molar-refractivity contribution in [2.75, 3.05) is 19.8 Å². The molecule has 2 N–H and O–H groups in total. The molecule has 0 bridgehead atoms. The topological polar surface area (TPSA) is 44.5 Å². The molecule has 3 rings (SSSR count). The molecule has 20 heavy (non-hydrogen) atoms. The van der Waals surface area contributed by atoms with Gasteiger partial charge in [0.1, 0.15) is 0 Å². The fourth-order valence-corrected chi connectivity index (χ4v) is 3.65. The number of rotatable bonds is 2. The first-order chi connectivity index (χ1) is 9.69. The van der Waals surface area contributed by atoms with Crippen molar-refractivity contribution in [1.82, 2.24) is 0 Å². The van der Waals surface area contributed by atoms with Crippen molar-refractivity contribution in [2.24, 2.45) is 11.7 Å². The number of hydrogen-bond donors (Lipinski definition) is 1. The van der Waals surface area contributed by atoms with Crippen molar-refractivity contribution >= 4 is 11.6 Å². The lowest BCUT2D eigenvalue weighted by molar-refractivity contribution is -0.149. The zero-order valence-electron chi connectivity index (χ0n) is 11.7. The second-order valence-corrected chi connectivity index (χ2v) is 6.41. The highest BCUT2D eigenvalue weighted by atomic mass is 35.5. The molecule has 2 fully saturated rings. The van der Waals surface area contributed by atoms with Gasteiger partial charge in [-0.3, -0.25) is 0 Å². The van der Waals surface area contributed by atoms with E-state index in [1.54, 1.807) is 0 Å². The molecule has 0 radical (unpaired) electrons. The Labute approximate surface area is 125 Å². The van der Waals surface area contributed by atoms with E-state index in [-0.39, 0.29) is 11.6 Å². The van der Waals surface area contributed by atoms with E-state index in [0.717, 1.165) is 56.1 Å². The maximum atomic E-state index is 6.48. The predicted molar refractivity (Wildman–Crippen MR) is 79.8 cm³/mol. The Balaban J connectivity index is 1.73. The highest BCUT2D eigenvalue weighted by Crippen LogP contribution is 2.41. The molecule has 3 nitrogen and oxygen atoms in total. The zero-order valence-corrected chi connectivity index (χ0v) is 12.4. The van der Waals surface area contributed by atoms with Crippen LogP contribution in [0, 0.1) is 5.92 Å². The molecule has 1 spiro atoms. The highest BCUT2D eigenvalue weighted by Gasteiger charge is 2.40. The molecule has 2 aliphatic heterocycles. The van der Waals surface area contributed by atoms with Gasteiger partial charge in [0.2, 0.25) is 0 Å². The summed E-state index contributed by atoms with van der Waals surface area (Å²) in [5.41, 5.74) is 7.61. The van der Waals surface area contributed by atoms with E-state index in [1.807, 2.05) is 18.2 Å². The summed E-state index contributed by atoms with van der Waals surface area (Å²) in [6.07, 6.45) is 4.04. The fourth-order valence-electron chi connectivity index (χ4n) is 3.45. The van der Waals surface area contributed by atoms with E-state index in [1.165, 1.54) is 0 Å². The van der Waals surface area contributed by atoms with Crippen molar-refractivity contribution in [3.8, 4) is 0 Å². The Kier molecular flexibility index (Phi) is 4.32. The lowest BCUT2D eigenvalue weighted by atomic mass is 9.76. The molecular weight excluding hydrogens is 274 g/mol. The lowest BCUT2D eigenvalue weighted by Gasteiger charge is -2.44. The van der Waals surface area contributed by atoms with E-state index in [9.17, 15) is 0 Å². The molecule has 2 unspecified atom stereocenters. The molecule has 2 heterocycles. The largest absolute Gasteiger partial charge is 0.381 e. The summed E-state index contributed by atoms with van der Waals surface area (Å²) in [5, 5.41) is 0.755. The van der Waals surface area contributed by atoms with E-state index in [0.29, 0.717) is 5.92 Å². The summed E-state index contributed by atoms with van der Waals surface area (Å²) in [6, 6.07) is 7.96. The van der Waals surface area contributed by atoms with Crippen LogP contribution in [0.1, 0.15) is 37.3 Å². The summed E-state index contributed by atoms with van der Waals surface area (Å²) >= 11 is 6.07. The van der Waals surface area contributed by atoms with Gasteiger partial charge in [-0.05, 0) is 49.3 Å². The van der Waals surface area contributed by atoms with Crippen molar-refractivity contribution in [3.63, 3.8) is 0 Å². The molecule has 0 saturated carbocycles. The van der Waals surface area contributed by atoms with Crippen LogP contribution in [0.3, 0.4) is 0 Å². The van der Waals surface area contributed by atoms with Gasteiger partial charge in [0.15, 0.2) is 0 Å². The Hall–Kier alpha value is -0.610. The number of benzene rings is 1. The Morgan fingerprint density at radius 2 is 2.05 bits per heavy atom. The van der Waals surface area contributed by atoms with Crippen LogP contribution in [-0.4, -0.2) is 25.4 Å². The fraction of sp³-hybridized carbons (Fsp3) is 0.625. The molecule has 0 amide bonds. The molecule has 4 heteroatoms. The van der Waals surface area contributed by atoms with Gasteiger partial charge >= 0.3 is 0 Å². The van der Waals surface area contributed by atoms with E-state index >= 15 is 0 Å². The zero-order chi connectivity index (χ0) is 14.0. The minimum atomic E-state index is -0.00262. The molecule has 2 saturated heterocycles. The van der Waals surface area contributed by atoms with Gasteiger partial charge in [-0.25, -0.2) is 0 Å². The van der Waals surface area contributed by atoms with E-state index < -0.39 is 0 Å². The average molecular weight is 296 g/mol. The first-order valence-electron chi connectivity index (χ1n) is 7.41. The predicted octanol–water partition coefficient (Wildman–Crippen LogP) is 3.32. The van der Waals surface area contributed by atoms with Crippen LogP contribution < -0.4 is 5.73 Å². The van der Waals surface area contributed by atoms with Gasteiger partial charge in [0.25, 0.3) is 0 Å². The highest BCUT2D eigenvalue weighted by molar-refractivity contribution is 6.30. The van der Waals surface area contributed by atoms with Crippen molar-refractivity contribution in [3.05, 3.63) is 34.9 Å². The van der Waals surface area contributed by atoms with Gasteiger partial charge in [-0.1, -0.05) is 23.7 Å². The maximum Gasteiger partial charge on any atom is 0.0729 e. The number of hydrogen-bond acceptors (Lipinski definition) is 3. The second-order valence-electron chi connectivity index (χ2n) is 5.98. The first-order valence-corrected chi connectivity index (χ1v) is 7.79. The summed E-state index contributed by atoms with van der Waals surface area (Å²) in [4.78, 5) is 0. The average Bonchev–Trinajstić information content (AvgIpc) is 2.47. The molecule has 110 valence electrons. The van der Waals surface area contributed by atoms with Crippen molar-refractivity contribution in [2.45, 2.75) is 37.3 Å². The van der Waals surface area contributed by atoms with E-state index in [2.05, 4.69) is 6.07 Å². The summed E-state index contributed by atoms with van der Waals surface area (Å²) in [5.74, 6) is 0.459. The van der Waals surface area contributed by atoms with Crippen LogP contribution in [0.5, 0.6) is 0 Å². The van der Waals surface area contributed by atoms with Gasteiger partial charge in [0, 0.05) is 30.9 Å². The van der Waals surface area contributed by atoms with Gasteiger partial charge in [-0.15, -0.1) is 0 Å². The van der Waals surface area contributed by atoms with Crippen LogP contribution in [0.15, 0.2) is 24.3 Å². The van der Waals surface area contributed by atoms with Gasteiger partial charge < -0.3 is 15.2 Å². The Bertz CT molecular complexity index is 454. The van der Waals surface area contributed by atoms with Crippen LogP contribution >= 0.6 is 11.6 Å². The third-order valence-corrected chi connectivity index (χ3v) is 4.91. The molecular formula is C16H22ClNO2. The quantitative estimate of drug-likeness (QED) is 0.910. The Morgan fingerprint density at radius 1 is 1.25 bits per heavy atom. The van der Waals surface area contributed by atoms with Gasteiger partial charge in [-0.2, -0.15) is 0 Å². The molecule has 2 aliphatic rings. The molecule has 0 aliphatic carbocycles. The number of nitrogens with two attached hydrogens (primary N) is 1. The maximum absolute atomic E-state index is 6.48. The summed E-state index contributed by atoms with van der Waals surface area (Å²) < 4.78 is 11.5. The monoisotopic (exact) mass is 295 g/mol. The number of ether oxygens (including phenoxy) is 2. The SMILES string of the molecule is NC(c1cccc(Cl)c1)C1CCOC2(CCOCC2)C1. The summed E-state index contributed by atoms with van der Waals surface area (Å²) in [6.45, 7) is 2.41. The van der Waals surface area contributed by atoms with Crippen LogP contribution in [0.4, 0.5) is 0 Å². The molecule has 0 aromatic heterocycles. The normalized spacial score (nSPS) is 27.4. The molecule has 2 atom stereocenters. The smallest absolute Gasteiger partial charge is 0.0729 e. The standard InChI is InChI=1S/C16H22ClNO2/c17-14-3-1-2-12(10-14)15(18)13-4-7-20-16(11-13)5-8-19-9-6-16/h1-3,10,13,15H,4-9,11,18H2. The second kappa shape index (κ2) is 6.02. The molecule has 1 aromatic rings. The minimum Gasteiger partial charge on any atom is -0.381 e. The van der Waals surface area contributed by atoms with Crippen LogP contribution in [0.2, 0.25) is 5.02 Å². The van der Waals surface area contributed by atoms with Crippen molar-refractivity contribution < 1.29 is 9.47 Å². The summed E-state index contributed by atoms with van der Waals surface area (Å²) in [7, 11) is 0. The number of halogens is 1. The lowest BCUT2D eigenvalue weighted by Crippen LogP contribution is -2.46. The Morgan fingerprint density at radius 3 is 2.80 bits per heavy atom. The van der Waals surface area contributed by atoms with Gasteiger partial charge in [0.05, 0.1) is 5.60 Å². The van der Waals surface area contributed by atoms with Crippen LogP contribution in [0.25, 0.3) is 0 Å². The third kappa shape index (κ3) is 3.01. The van der Waals surface area contributed by atoms with Crippen LogP contribution in [-0.2, 0) is 9.47 Å². The first kappa shape index (κ1) is 14.3. The van der Waals surface area contributed by atoms with E-state index in [4.69, 9.17) is 26.8 Å².